The molecule has 0 amide bonds. The number of carbonyl (C=O) groups is 1. The number of hydrogen-bond acceptors (Lipinski definition) is 4. The summed E-state index contributed by atoms with van der Waals surface area (Å²) in [7, 11) is -2.59. The van der Waals surface area contributed by atoms with Crippen LogP contribution in [0.25, 0.3) is 0 Å². The van der Waals surface area contributed by atoms with E-state index in [1.807, 2.05) is 0 Å². The lowest BCUT2D eigenvalue weighted by atomic mass is 10.3. The van der Waals surface area contributed by atoms with Gasteiger partial charge in [-0.15, -0.1) is 0 Å². The summed E-state index contributed by atoms with van der Waals surface area (Å²) in [5, 5.41) is 0. The molecule has 0 unspecified atom stereocenters. The molecule has 0 N–H and O–H groups in total. The predicted molar refractivity (Wildman–Crippen MR) is 51.3 cm³/mol. The zero-order chi connectivity index (χ0) is 13.1. The first kappa shape index (κ1) is 6.81. The maximum atomic E-state index is 11.5. The zero-order valence-electron chi connectivity index (χ0n) is 11.0. The monoisotopic (exact) mass is 198 g/mol. The number of rotatable bonds is 3. The summed E-state index contributed by atoms with van der Waals surface area (Å²) in [6.07, 6.45) is -0.267. The summed E-state index contributed by atoms with van der Waals surface area (Å²) in [6.45, 7) is 3.42. The molecule has 0 aromatic carbocycles. The predicted octanol–water partition coefficient (Wildman–Crippen LogP) is 1.66. The van der Waals surface area contributed by atoms with E-state index in [1.54, 1.807) is 13.8 Å². The van der Waals surface area contributed by atoms with Gasteiger partial charge in [-0.3, -0.25) is 0 Å². The van der Waals surface area contributed by atoms with E-state index in [4.69, 9.17) is 8.85 Å². The summed E-state index contributed by atoms with van der Waals surface area (Å²) in [5.74, 6) is -0.751. The van der Waals surface area contributed by atoms with Gasteiger partial charge in [-0.2, -0.15) is 0 Å². The molecule has 1 aromatic heterocycles. The lowest BCUT2D eigenvalue weighted by Gasteiger charge is -2.07. The van der Waals surface area contributed by atoms with Gasteiger partial charge in [0, 0.05) is 6.07 Å². The van der Waals surface area contributed by atoms with Crippen molar-refractivity contribution >= 4 is 5.97 Å². The van der Waals surface area contributed by atoms with Gasteiger partial charge in [0.2, 0.25) is 5.88 Å². The second-order valence-corrected chi connectivity index (χ2v) is 2.92. The Labute approximate surface area is 87.1 Å². The SMILES string of the molecule is [2H]C([2H])([2H])Oc1cccc(C(=O)OC(C)C)n1. The van der Waals surface area contributed by atoms with Gasteiger partial charge in [-0.05, 0) is 19.9 Å². The van der Waals surface area contributed by atoms with E-state index >= 15 is 0 Å². The lowest BCUT2D eigenvalue weighted by molar-refractivity contribution is 0.0370. The lowest BCUT2D eigenvalue weighted by Crippen LogP contribution is -2.13. The fourth-order valence-corrected chi connectivity index (χ4v) is 0.860. The highest BCUT2D eigenvalue weighted by molar-refractivity contribution is 5.87. The van der Waals surface area contributed by atoms with E-state index in [0.717, 1.165) is 0 Å². The first-order chi connectivity index (χ1) is 7.78. The van der Waals surface area contributed by atoms with Crippen molar-refractivity contribution in [2.75, 3.05) is 7.04 Å². The molecule has 0 fully saturated rings. The first-order valence-corrected chi connectivity index (χ1v) is 4.15. The molecule has 0 saturated carbocycles. The molecule has 0 saturated heterocycles. The summed E-state index contributed by atoms with van der Waals surface area (Å²) in [5.41, 5.74) is 0.0143. The molecule has 1 aromatic rings. The van der Waals surface area contributed by atoms with Crippen LogP contribution in [0.1, 0.15) is 28.4 Å². The third kappa shape index (κ3) is 2.73. The van der Waals surface area contributed by atoms with Gasteiger partial charge in [-0.25, -0.2) is 9.78 Å². The van der Waals surface area contributed by atoms with Crippen molar-refractivity contribution < 1.29 is 18.4 Å². The topological polar surface area (TPSA) is 48.4 Å². The Bertz CT molecular complexity index is 404. The number of methoxy groups -OCH3 is 1. The Morgan fingerprint density at radius 2 is 2.36 bits per heavy atom. The molecule has 76 valence electrons. The van der Waals surface area contributed by atoms with Gasteiger partial charge in [0.25, 0.3) is 0 Å². The molecule has 0 aliphatic heterocycles. The number of hydrogen-bond donors (Lipinski definition) is 0. The Kier molecular flexibility index (Phi) is 2.24. The Balaban J connectivity index is 2.82. The van der Waals surface area contributed by atoms with E-state index in [0.29, 0.717) is 0 Å². The fraction of sp³-hybridized carbons (Fsp3) is 0.400. The van der Waals surface area contributed by atoms with E-state index in [1.165, 1.54) is 18.2 Å². The van der Waals surface area contributed by atoms with Crippen LogP contribution in [0.3, 0.4) is 0 Å². The number of esters is 1. The van der Waals surface area contributed by atoms with Crippen molar-refractivity contribution in [2.45, 2.75) is 20.0 Å². The van der Waals surface area contributed by atoms with Crippen LogP contribution in [-0.4, -0.2) is 24.1 Å². The number of ether oxygens (including phenoxy) is 2. The summed E-state index contributed by atoms with van der Waals surface area (Å²) in [4.78, 5) is 15.2. The molecule has 14 heavy (non-hydrogen) atoms. The fourth-order valence-electron chi connectivity index (χ4n) is 0.860. The highest BCUT2D eigenvalue weighted by Gasteiger charge is 2.10. The first-order valence-electron chi connectivity index (χ1n) is 5.65. The van der Waals surface area contributed by atoms with Crippen molar-refractivity contribution in [3.05, 3.63) is 23.9 Å². The average molecular weight is 198 g/mol. The van der Waals surface area contributed by atoms with Crippen LogP contribution in [-0.2, 0) is 4.74 Å². The van der Waals surface area contributed by atoms with Crippen LogP contribution < -0.4 is 4.74 Å². The molecule has 0 spiro atoms. The second kappa shape index (κ2) is 4.60. The maximum Gasteiger partial charge on any atom is 0.357 e. The van der Waals surface area contributed by atoms with Crippen LogP contribution in [0.15, 0.2) is 18.2 Å². The van der Waals surface area contributed by atoms with E-state index < -0.39 is 13.0 Å². The molecule has 0 atom stereocenters. The molecule has 0 radical (unpaired) electrons. The largest absolute Gasteiger partial charge is 0.481 e. The molecule has 4 heteroatoms. The van der Waals surface area contributed by atoms with Crippen LogP contribution >= 0.6 is 0 Å². The third-order valence-corrected chi connectivity index (χ3v) is 1.38. The normalized spacial score (nSPS) is 14.1. The molecule has 0 bridgehead atoms. The molecule has 1 rings (SSSR count). The minimum absolute atomic E-state index is 0.0143. The van der Waals surface area contributed by atoms with Gasteiger partial charge < -0.3 is 9.47 Å². The van der Waals surface area contributed by atoms with Gasteiger partial charge in [-0.1, -0.05) is 6.07 Å². The Hall–Kier alpha value is -1.58. The van der Waals surface area contributed by atoms with Gasteiger partial charge in [0.05, 0.1) is 17.3 Å². The van der Waals surface area contributed by atoms with E-state index in [2.05, 4.69) is 9.72 Å². The minimum atomic E-state index is -2.59. The van der Waals surface area contributed by atoms with Gasteiger partial charge in [0.1, 0.15) is 0 Å². The number of pyridine rings is 1. The molecule has 4 nitrogen and oxygen atoms in total. The third-order valence-electron chi connectivity index (χ3n) is 1.38. The summed E-state index contributed by atoms with van der Waals surface area (Å²) < 4.78 is 30.2. The van der Waals surface area contributed by atoms with Crippen LogP contribution in [0.5, 0.6) is 5.88 Å². The Morgan fingerprint density at radius 1 is 1.57 bits per heavy atom. The van der Waals surface area contributed by atoms with Crippen LogP contribution in [0.2, 0.25) is 0 Å². The molecule has 1 heterocycles. The van der Waals surface area contributed by atoms with Gasteiger partial charge in [0.15, 0.2) is 5.69 Å². The van der Waals surface area contributed by atoms with E-state index in [9.17, 15) is 4.79 Å². The summed E-state index contributed by atoms with van der Waals surface area (Å²) in [6, 6.07) is 4.26. The quantitative estimate of drug-likeness (QED) is 0.693. The molecule has 0 aliphatic rings. The second-order valence-electron chi connectivity index (χ2n) is 2.92. The van der Waals surface area contributed by atoms with Gasteiger partial charge >= 0.3 is 5.97 Å². The van der Waals surface area contributed by atoms with Crippen molar-refractivity contribution in [2.24, 2.45) is 0 Å². The number of aromatic nitrogens is 1. The van der Waals surface area contributed by atoms with E-state index in [-0.39, 0.29) is 17.7 Å². The summed E-state index contributed by atoms with van der Waals surface area (Å²) >= 11 is 0. The minimum Gasteiger partial charge on any atom is -0.481 e. The Morgan fingerprint density at radius 3 is 3.00 bits per heavy atom. The van der Waals surface area contributed by atoms with Crippen LogP contribution in [0, 0.1) is 0 Å². The van der Waals surface area contributed by atoms with Crippen molar-refractivity contribution in [1.29, 1.82) is 0 Å². The van der Waals surface area contributed by atoms with Crippen molar-refractivity contribution in [1.82, 2.24) is 4.98 Å². The molecular formula is C10H13NO3. The zero-order valence-corrected chi connectivity index (χ0v) is 7.98. The number of carbonyl (C=O) groups excluding carboxylic acids is 1. The highest BCUT2D eigenvalue weighted by Crippen LogP contribution is 2.08. The van der Waals surface area contributed by atoms with Crippen molar-refractivity contribution in [3.63, 3.8) is 0 Å². The number of nitrogens with zero attached hydrogens (tertiary/aromatic N) is 1. The average Bonchev–Trinajstić information content (AvgIpc) is 2.14. The molecule has 0 aliphatic carbocycles. The standard InChI is InChI=1S/C10H13NO3/c1-7(2)14-10(12)8-5-4-6-9(11-8)13-3/h4-7H,1-3H3/i3D3. The highest BCUT2D eigenvalue weighted by atomic mass is 16.5. The maximum absolute atomic E-state index is 11.5. The molecular weight excluding hydrogens is 182 g/mol. The van der Waals surface area contributed by atoms with Crippen LogP contribution in [0.4, 0.5) is 0 Å². The van der Waals surface area contributed by atoms with Crippen molar-refractivity contribution in [3.8, 4) is 5.88 Å². The smallest absolute Gasteiger partial charge is 0.357 e.